The maximum atomic E-state index is 5.88. The number of nitrogens with zero attached hydrogens (tertiary/aromatic N) is 1. The second-order valence-corrected chi connectivity index (χ2v) is 5.36. The van der Waals surface area contributed by atoms with Crippen LogP contribution in [0.4, 0.5) is 11.5 Å². The lowest BCUT2D eigenvalue weighted by atomic mass is 10.3. The van der Waals surface area contributed by atoms with E-state index in [-0.39, 0.29) is 0 Å². The molecular formula is C12H14ClN3S. The molecule has 0 bridgehead atoms. The van der Waals surface area contributed by atoms with Gasteiger partial charge in [-0.3, -0.25) is 0 Å². The topological polar surface area (TPSA) is 37.0 Å². The second kappa shape index (κ2) is 5.89. The molecule has 0 fully saturated rings. The molecule has 0 aliphatic carbocycles. The van der Waals surface area contributed by atoms with Gasteiger partial charge in [0.25, 0.3) is 0 Å². The van der Waals surface area contributed by atoms with Crippen molar-refractivity contribution in [1.82, 2.24) is 4.98 Å². The SMILES string of the molecule is CNc1cc(NCCc2ccc(Cl)s2)ccn1. The minimum absolute atomic E-state index is 0.849. The van der Waals surface area contributed by atoms with Crippen molar-refractivity contribution in [3.05, 3.63) is 39.7 Å². The van der Waals surface area contributed by atoms with Crippen molar-refractivity contribution in [2.75, 3.05) is 24.2 Å². The summed E-state index contributed by atoms with van der Waals surface area (Å²) in [5.74, 6) is 0.870. The normalized spacial score (nSPS) is 10.2. The third-order valence-electron chi connectivity index (χ3n) is 2.35. The van der Waals surface area contributed by atoms with E-state index in [1.54, 1.807) is 17.5 Å². The van der Waals surface area contributed by atoms with E-state index in [9.17, 15) is 0 Å². The van der Waals surface area contributed by atoms with E-state index in [2.05, 4.69) is 21.7 Å². The van der Waals surface area contributed by atoms with Crippen LogP contribution in [0, 0.1) is 0 Å². The average Bonchev–Trinajstić information content (AvgIpc) is 2.75. The Kier molecular flexibility index (Phi) is 4.23. The largest absolute Gasteiger partial charge is 0.385 e. The zero-order chi connectivity index (χ0) is 12.1. The molecule has 3 nitrogen and oxygen atoms in total. The Morgan fingerprint density at radius 3 is 2.94 bits per heavy atom. The van der Waals surface area contributed by atoms with Crippen LogP contribution in [0.2, 0.25) is 4.34 Å². The number of rotatable bonds is 5. The van der Waals surface area contributed by atoms with E-state index in [1.165, 1.54) is 4.88 Å². The van der Waals surface area contributed by atoms with E-state index >= 15 is 0 Å². The summed E-state index contributed by atoms with van der Waals surface area (Å²) in [5, 5.41) is 6.37. The summed E-state index contributed by atoms with van der Waals surface area (Å²) in [4.78, 5) is 5.46. The lowest BCUT2D eigenvalue weighted by Crippen LogP contribution is -2.04. The van der Waals surface area contributed by atoms with Gasteiger partial charge in [-0.05, 0) is 24.6 Å². The van der Waals surface area contributed by atoms with Gasteiger partial charge < -0.3 is 10.6 Å². The molecule has 2 aromatic heterocycles. The van der Waals surface area contributed by atoms with E-state index in [1.807, 2.05) is 25.2 Å². The molecular weight excluding hydrogens is 254 g/mol. The maximum absolute atomic E-state index is 5.88. The van der Waals surface area contributed by atoms with Gasteiger partial charge in [0.15, 0.2) is 0 Å². The fourth-order valence-electron chi connectivity index (χ4n) is 1.49. The Morgan fingerprint density at radius 2 is 2.24 bits per heavy atom. The van der Waals surface area contributed by atoms with Gasteiger partial charge in [0, 0.05) is 36.4 Å². The molecule has 2 rings (SSSR count). The number of nitrogens with one attached hydrogen (secondary N) is 2. The van der Waals surface area contributed by atoms with Gasteiger partial charge in [-0.15, -0.1) is 11.3 Å². The molecule has 0 amide bonds. The van der Waals surface area contributed by atoms with Crippen molar-refractivity contribution in [2.24, 2.45) is 0 Å². The molecule has 0 unspecified atom stereocenters. The molecule has 2 N–H and O–H groups in total. The Balaban J connectivity index is 1.85. The third-order valence-corrected chi connectivity index (χ3v) is 3.64. The highest BCUT2D eigenvalue weighted by Crippen LogP contribution is 2.21. The molecule has 0 saturated carbocycles. The number of anilines is 2. The summed E-state index contributed by atoms with van der Waals surface area (Å²) >= 11 is 7.51. The van der Waals surface area contributed by atoms with Crippen LogP contribution in [-0.4, -0.2) is 18.6 Å². The van der Waals surface area contributed by atoms with Crippen molar-refractivity contribution < 1.29 is 0 Å². The first-order valence-electron chi connectivity index (χ1n) is 5.40. The molecule has 0 aliphatic rings. The minimum atomic E-state index is 0.849. The smallest absolute Gasteiger partial charge is 0.127 e. The zero-order valence-corrected chi connectivity index (χ0v) is 11.1. The Morgan fingerprint density at radius 1 is 1.35 bits per heavy atom. The van der Waals surface area contributed by atoms with Gasteiger partial charge in [-0.2, -0.15) is 0 Å². The van der Waals surface area contributed by atoms with Gasteiger partial charge in [0.05, 0.1) is 4.34 Å². The molecule has 5 heteroatoms. The van der Waals surface area contributed by atoms with Gasteiger partial charge in [-0.1, -0.05) is 11.6 Å². The number of hydrogen-bond donors (Lipinski definition) is 2. The second-order valence-electron chi connectivity index (χ2n) is 3.56. The van der Waals surface area contributed by atoms with Crippen LogP contribution >= 0.6 is 22.9 Å². The predicted octanol–water partition coefficient (Wildman–Crippen LogP) is 3.49. The fraction of sp³-hybridized carbons (Fsp3) is 0.250. The van der Waals surface area contributed by atoms with Crippen LogP contribution in [0.3, 0.4) is 0 Å². The zero-order valence-electron chi connectivity index (χ0n) is 9.53. The van der Waals surface area contributed by atoms with Crippen molar-refractivity contribution in [2.45, 2.75) is 6.42 Å². The van der Waals surface area contributed by atoms with Crippen molar-refractivity contribution in [3.63, 3.8) is 0 Å². The molecule has 17 heavy (non-hydrogen) atoms. The molecule has 90 valence electrons. The number of hydrogen-bond acceptors (Lipinski definition) is 4. The first kappa shape index (κ1) is 12.2. The van der Waals surface area contributed by atoms with Crippen molar-refractivity contribution in [3.8, 4) is 0 Å². The highest BCUT2D eigenvalue weighted by molar-refractivity contribution is 7.16. The summed E-state index contributed by atoms with van der Waals surface area (Å²) in [7, 11) is 1.86. The number of halogens is 1. The Hall–Kier alpha value is -1.26. The summed E-state index contributed by atoms with van der Waals surface area (Å²) in [6.45, 7) is 0.893. The van der Waals surface area contributed by atoms with Crippen LogP contribution in [0.5, 0.6) is 0 Å². The van der Waals surface area contributed by atoms with E-state index < -0.39 is 0 Å². The lowest BCUT2D eigenvalue weighted by Gasteiger charge is -2.06. The standard InChI is InChI=1S/C12H14ClN3S/c1-14-12-8-9(4-6-16-12)15-7-5-10-2-3-11(13)17-10/h2-4,6,8H,5,7H2,1H3,(H2,14,15,16). The number of thiophene rings is 1. The maximum Gasteiger partial charge on any atom is 0.127 e. The van der Waals surface area contributed by atoms with E-state index in [0.717, 1.165) is 28.8 Å². The van der Waals surface area contributed by atoms with Gasteiger partial charge >= 0.3 is 0 Å². The van der Waals surface area contributed by atoms with Gasteiger partial charge in [0.1, 0.15) is 5.82 Å². The quantitative estimate of drug-likeness (QED) is 0.871. The van der Waals surface area contributed by atoms with Crippen LogP contribution in [-0.2, 0) is 6.42 Å². The third kappa shape index (κ3) is 3.61. The van der Waals surface area contributed by atoms with Crippen LogP contribution in [0.1, 0.15) is 4.88 Å². The highest BCUT2D eigenvalue weighted by atomic mass is 35.5. The first-order chi connectivity index (χ1) is 8.28. The van der Waals surface area contributed by atoms with Crippen LogP contribution in [0.25, 0.3) is 0 Å². The minimum Gasteiger partial charge on any atom is -0.385 e. The Bertz CT molecular complexity index is 484. The molecule has 0 atom stereocenters. The van der Waals surface area contributed by atoms with Crippen molar-refractivity contribution in [1.29, 1.82) is 0 Å². The molecule has 0 spiro atoms. The number of pyridine rings is 1. The predicted molar refractivity (Wildman–Crippen MR) is 75.3 cm³/mol. The van der Waals surface area contributed by atoms with Crippen molar-refractivity contribution >= 4 is 34.4 Å². The summed E-state index contributed by atoms with van der Waals surface area (Å²) in [6.07, 6.45) is 2.77. The number of aromatic nitrogens is 1. The highest BCUT2D eigenvalue weighted by Gasteiger charge is 1.98. The molecule has 0 aromatic carbocycles. The lowest BCUT2D eigenvalue weighted by molar-refractivity contribution is 1.04. The summed E-state index contributed by atoms with van der Waals surface area (Å²) in [5.41, 5.74) is 1.08. The van der Waals surface area contributed by atoms with Gasteiger partial charge in [-0.25, -0.2) is 4.98 Å². The molecule has 0 saturated heterocycles. The van der Waals surface area contributed by atoms with Crippen LogP contribution < -0.4 is 10.6 Å². The van der Waals surface area contributed by atoms with Crippen LogP contribution in [0.15, 0.2) is 30.5 Å². The van der Waals surface area contributed by atoms with Gasteiger partial charge in [0.2, 0.25) is 0 Å². The summed E-state index contributed by atoms with van der Waals surface area (Å²) in [6, 6.07) is 7.96. The molecule has 0 aliphatic heterocycles. The van der Waals surface area contributed by atoms with E-state index in [0.29, 0.717) is 0 Å². The molecule has 2 aromatic rings. The molecule has 2 heterocycles. The first-order valence-corrected chi connectivity index (χ1v) is 6.59. The average molecular weight is 268 g/mol. The monoisotopic (exact) mass is 267 g/mol. The summed E-state index contributed by atoms with van der Waals surface area (Å²) < 4.78 is 0.849. The van der Waals surface area contributed by atoms with E-state index in [4.69, 9.17) is 11.6 Å². The molecule has 0 radical (unpaired) electrons. The fourth-order valence-corrected chi connectivity index (χ4v) is 2.58. The Labute approximate surface area is 110 Å².